The Morgan fingerprint density at radius 2 is 1.93 bits per heavy atom. The minimum absolute atomic E-state index is 0.0223. The lowest BCUT2D eigenvalue weighted by Crippen LogP contribution is -2.38. The van der Waals surface area contributed by atoms with Gasteiger partial charge in [-0.15, -0.1) is 4.40 Å². The smallest absolute Gasteiger partial charge is 0.256 e. The van der Waals surface area contributed by atoms with Crippen molar-refractivity contribution >= 4 is 33.0 Å². The van der Waals surface area contributed by atoms with Crippen LogP contribution in [0.5, 0.6) is 11.6 Å². The van der Waals surface area contributed by atoms with Crippen LogP contribution in [0, 0.1) is 0 Å². The second kappa shape index (κ2) is 6.83. The first-order chi connectivity index (χ1) is 12.9. The van der Waals surface area contributed by atoms with Crippen LogP contribution >= 0.6 is 11.6 Å². The van der Waals surface area contributed by atoms with Gasteiger partial charge in [-0.2, -0.15) is 0 Å². The predicted octanol–water partition coefficient (Wildman–Crippen LogP) is 3.87. The van der Waals surface area contributed by atoms with Gasteiger partial charge in [0.05, 0.1) is 10.8 Å². The molecule has 6 nitrogen and oxygen atoms in total. The van der Waals surface area contributed by atoms with Crippen molar-refractivity contribution in [1.29, 1.82) is 0 Å². The number of amidine groups is 1. The van der Waals surface area contributed by atoms with E-state index >= 15 is 0 Å². The lowest BCUT2D eigenvalue weighted by molar-refractivity contribution is 0.463. The molecule has 0 aliphatic carbocycles. The van der Waals surface area contributed by atoms with Crippen molar-refractivity contribution < 1.29 is 13.2 Å². The van der Waals surface area contributed by atoms with Crippen molar-refractivity contribution in [1.82, 2.24) is 9.88 Å². The summed E-state index contributed by atoms with van der Waals surface area (Å²) in [6.07, 6.45) is 5.37. The summed E-state index contributed by atoms with van der Waals surface area (Å²) in [4.78, 5) is 5.98. The van der Waals surface area contributed by atoms with Gasteiger partial charge in [0.1, 0.15) is 5.75 Å². The number of halogens is 1. The zero-order chi connectivity index (χ0) is 19.0. The summed E-state index contributed by atoms with van der Waals surface area (Å²) in [6, 6.07) is 10.8. The standard InChI is InChI=1S/C19H16ClN3O3S/c1-13-10-17(19-22-27(24,25)9-8-23(19)12-13)14-2-5-16(6-3-14)26-18-7-4-15(20)11-21-18/h2-7,10-12H,8-9H2,1H3. The van der Waals surface area contributed by atoms with Gasteiger partial charge in [0.25, 0.3) is 10.0 Å². The zero-order valence-electron chi connectivity index (χ0n) is 14.5. The highest BCUT2D eigenvalue weighted by Gasteiger charge is 2.28. The highest BCUT2D eigenvalue weighted by Crippen LogP contribution is 2.30. The van der Waals surface area contributed by atoms with E-state index < -0.39 is 10.0 Å². The second-order valence-corrected chi connectivity index (χ2v) is 8.46. The molecule has 0 N–H and O–H groups in total. The molecule has 138 valence electrons. The van der Waals surface area contributed by atoms with Gasteiger partial charge in [-0.3, -0.25) is 0 Å². The topological polar surface area (TPSA) is 71.9 Å². The van der Waals surface area contributed by atoms with Crippen molar-refractivity contribution in [3.63, 3.8) is 0 Å². The summed E-state index contributed by atoms with van der Waals surface area (Å²) in [7, 11) is -3.43. The number of sulfonamides is 1. The average molecular weight is 402 g/mol. The Morgan fingerprint density at radius 1 is 1.15 bits per heavy atom. The predicted molar refractivity (Wildman–Crippen MR) is 105 cm³/mol. The fourth-order valence-electron chi connectivity index (χ4n) is 2.91. The number of allylic oxidation sites excluding steroid dienone is 2. The highest BCUT2D eigenvalue weighted by molar-refractivity contribution is 7.90. The lowest BCUT2D eigenvalue weighted by Gasteiger charge is -2.30. The van der Waals surface area contributed by atoms with Crippen LogP contribution < -0.4 is 4.74 Å². The minimum atomic E-state index is -3.43. The van der Waals surface area contributed by atoms with Gasteiger partial charge in [-0.25, -0.2) is 13.4 Å². The molecule has 0 fully saturated rings. The average Bonchev–Trinajstić information content (AvgIpc) is 2.64. The molecule has 3 heterocycles. The Bertz CT molecular complexity index is 1070. The maximum absolute atomic E-state index is 11.9. The summed E-state index contributed by atoms with van der Waals surface area (Å²) in [5.41, 5.74) is 2.67. The van der Waals surface area contributed by atoms with Gasteiger partial charge in [-0.05, 0) is 42.3 Å². The van der Waals surface area contributed by atoms with Crippen LogP contribution in [0.3, 0.4) is 0 Å². The van der Waals surface area contributed by atoms with Crippen molar-refractivity contribution in [3.05, 3.63) is 71.0 Å². The summed E-state index contributed by atoms with van der Waals surface area (Å²) in [5.74, 6) is 1.54. The molecule has 2 aliphatic rings. The summed E-state index contributed by atoms with van der Waals surface area (Å²) in [5, 5.41) is 0.540. The molecule has 4 rings (SSSR count). The molecule has 0 unspecified atom stereocenters. The molecule has 0 bridgehead atoms. The molecule has 2 aliphatic heterocycles. The van der Waals surface area contributed by atoms with Gasteiger partial charge in [0.15, 0.2) is 5.84 Å². The van der Waals surface area contributed by atoms with Crippen molar-refractivity contribution in [2.24, 2.45) is 4.40 Å². The van der Waals surface area contributed by atoms with Gasteiger partial charge < -0.3 is 9.64 Å². The molecule has 0 amide bonds. The summed E-state index contributed by atoms with van der Waals surface area (Å²) >= 11 is 5.82. The first-order valence-electron chi connectivity index (χ1n) is 8.29. The van der Waals surface area contributed by atoms with Gasteiger partial charge in [0.2, 0.25) is 5.88 Å². The molecule has 1 aromatic carbocycles. The molecule has 0 saturated carbocycles. The number of nitrogens with zero attached hydrogens (tertiary/aromatic N) is 3. The molecule has 0 atom stereocenters. The van der Waals surface area contributed by atoms with Crippen LogP contribution in [0.4, 0.5) is 0 Å². The molecule has 0 radical (unpaired) electrons. The van der Waals surface area contributed by atoms with E-state index in [1.54, 1.807) is 12.1 Å². The summed E-state index contributed by atoms with van der Waals surface area (Å²) in [6.45, 7) is 2.38. The molecule has 1 aromatic heterocycles. The summed E-state index contributed by atoms with van der Waals surface area (Å²) < 4.78 is 33.6. The van der Waals surface area contributed by atoms with Gasteiger partial charge in [0, 0.05) is 30.6 Å². The monoisotopic (exact) mass is 401 g/mol. The van der Waals surface area contributed by atoms with Crippen LogP contribution in [-0.2, 0) is 10.0 Å². The molecule has 0 saturated heterocycles. The Balaban J connectivity index is 1.63. The fraction of sp³-hybridized carbons (Fsp3) is 0.158. The second-order valence-electron chi connectivity index (χ2n) is 6.27. The van der Waals surface area contributed by atoms with Crippen LogP contribution in [0.25, 0.3) is 5.57 Å². The number of hydrogen-bond acceptors (Lipinski definition) is 5. The van der Waals surface area contributed by atoms with E-state index in [1.807, 2.05) is 48.4 Å². The largest absolute Gasteiger partial charge is 0.439 e. The third-order valence-corrected chi connectivity index (χ3v) is 5.52. The molecular weight excluding hydrogens is 386 g/mol. The molecular formula is C19H16ClN3O3S. The lowest BCUT2D eigenvalue weighted by atomic mass is 9.99. The fourth-order valence-corrected chi connectivity index (χ4v) is 4.01. The first-order valence-corrected chi connectivity index (χ1v) is 10.3. The van der Waals surface area contributed by atoms with E-state index in [1.165, 1.54) is 6.20 Å². The van der Waals surface area contributed by atoms with Gasteiger partial charge >= 0.3 is 0 Å². The van der Waals surface area contributed by atoms with Crippen LogP contribution in [0.2, 0.25) is 5.02 Å². The number of benzene rings is 1. The van der Waals surface area contributed by atoms with Crippen LogP contribution in [-0.4, -0.2) is 36.4 Å². The number of pyridine rings is 1. The number of rotatable bonds is 3. The highest BCUT2D eigenvalue weighted by atomic mass is 35.5. The SMILES string of the molecule is CC1=CN2CCS(=O)(=O)N=C2C(c2ccc(Oc3ccc(Cl)cn3)cc2)=C1. The maximum Gasteiger partial charge on any atom is 0.256 e. The Hall–Kier alpha value is -2.64. The Morgan fingerprint density at radius 3 is 2.63 bits per heavy atom. The van der Waals surface area contributed by atoms with E-state index in [0.717, 1.165) is 16.7 Å². The molecule has 27 heavy (non-hydrogen) atoms. The van der Waals surface area contributed by atoms with Crippen LogP contribution in [0.1, 0.15) is 12.5 Å². The third kappa shape index (κ3) is 3.89. The zero-order valence-corrected chi connectivity index (χ0v) is 16.0. The first kappa shape index (κ1) is 17.8. The third-order valence-electron chi connectivity index (χ3n) is 4.15. The normalized spacial score (nSPS) is 18.1. The molecule has 8 heteroatoms. The van der Waals surface area contributed by atoms with E-state index in [9.17, 15) is 8.42 Å². The maximum atomic E-state index is 11.9. The molecule has 2 aromatic rings. The Labute approximate surface area is 162 Å². The van der Waals surface area contributed by atoms with Crippen LogP contribution in [0.15, 0.2) is 64.8 Å². The van der Waals surface area contributed by atoms with Crippen molar-refractivity contribution in [2.75, 3.05) is 12.3 Å². The molecule has 0 spiro atoms. The van der Waals surface area contributed by atoms with E-state index in [2.05, 4.69) is 9.38 Å². The minimum Gasteiger partial charge on any atom is -0.439 e. The van der Waals surface area contributed by atoms with Crippen molar-refractivity contribution in [3.8, 4) is 11.6 Å². The van der Waals surface area contributed by atoms with E-state index in [0.29, 0.717) is 29.0 Å². The number of fused-ring (bicyclic) bond motifs is 1. The quantitative estimate of drug-likeness (QED) is 0.780. The van der Waals surface area contributed by atoms with Crippen molar-refractivity contribution in [2.45, 2.75) is 6.92 Å². The number of aromatic nitrogens is 1. The van der Waals surface area contributed by atoms with E-state index in [-0.39, 0.29) is 5.75 Å². The number of hydrogen-bond donors (Lipinski definition) is 0. The Kier molecular flexibility index (Phi) is 4.49. The van der Waals surface area contributed by atoms with E-state index in [4.69, 9.17) is 16.3 Å². The number of ether oxygens (including phenoxy) is 1. The van der Waals surface area contributed by atoms with Gasteiger partial charge in [-0.1, -0.05) is 23.7 Å².